The van der Waals surface area contributed by atoms with Gasteiger partial charge in [0.15, 0.2) is 5.69 Å². The zero-order chi connectivity index (χ0) is 22.4. The Morgan fingerprint density at radius 1 is 1.00 bits per heavy atom. The van der Waals surface area contributed by atoms with Crippen LogP contribution in [0.2, 0.25) is 0 Å². The fraction of sp³-hybridized carbons (Fsp3) is 0.174. The number of hydrogen-bond donors (Lipinski definition) is 3. The molecule has 160 valence electrons. The quantitative estimate of drug-likeness (QED) is 0.543. The molecule has 0 bridgehead atoms. The fourth-order valence-electron chi connectivity index (χ4n) is 3.11. The first-order chi connectivity index (χ1) is 14.9. The van der Waals surface area contributed by atoms with Gasteiger partial charge in [-0.3, -0.25) is 14.5 Å². The summed E-state index contributed by atoms with van der Waals surface area (Å²) in [5.74, 6) is -1.42. The maximum atomic E-state index is 12.9. The van der Waals surface area contributed by atoms with Gasteiger partial charge in [0.1, 0.15) is 5.75 Å². The minimum atomic E-state index is -1.06. The largest absolute Gasteiger partial charge is 0.505 e. The number of benzene rings is 2. The van der Waals surface area contributed by atoms with Crippen molar-refractivity contribution in [2.75, 3.05) is 11.4 Å². The second-order valence-corrected chi connectivity index (χ2v) is 7.01. The van der Waals surface area contributed by atoms with E-state index in [1.807, 2.05) is 42.5 Å². The van der Waals surface area contributed by atoms with Crippen LogP contribution in [-0.2, 0) is 18.3 Å². The number of aromatic nitrogens is 1. The smallest absolute Gasteiger partial charge is 0.326 e. The van der Waals surface area contributed by atoms with Gasteiger partial charge >= 0.3 is 12.0 Å². The maximum Gasteiger partial charge on any atom is 0.326 e. The van der Waals surface area contributed by atoms with Gasteiger partial charge in [-0.15, -0.1) is 0 Å². The van der Waals surface area contributed by atoms with Gasteiger partial charge in [0.25, 0.3) is 5.56 Å². The summed E-state index contributed by atoms with van der Waals surface area (Å²) in [6, 6.07) is 17.5. The van der Waals surface area contributed by atoms with Crippen LogP contribution in [0.5, 0.6) is 5.75 Å². The van der Waals surface area contributed by atoms with E-state index in [9.17, 15) is 19.5 Å². The summed E-state index contributed by atoms with van der Waals surface area (Å²) in [5, 5.41) is 21.6. The first-order valence-corrected chi connectivity index (χ1v) is 9.68. The highest BCUT2D eigenvalue weighted by atomic mass is 16.4. The lowest BCUT2D eigenvalue weighted by Crippen LogP contribution is -2.41. The molecule has 8 heteroatoms. The topological polar surface area (TPSA) is 112 Å². The van der Waals surface area contributed by atoms with E-state index < -0.39 is 17.6 Å². The number of nitrogens with zero attached hydrogens (tertiary/aromatic N) is 2. The molecule has 0 atom stereocenters. The number of aryl methyl sites for hydroxylation is 1. The predicted octanol–water partition coefficient (Wildman–Crippen LogP) is 3.00. The van der Waals surface area contributed by atoms with Crippen molar-refractivity contribution in [3.05, 3.63) is 88.3 Å². The highest BCUT2D eigenvalue weighted by Gasteiger charge is 2.25. The SMILES string of the molecule is Cn1ccc(O)c(N(C(=O)NCCC(=O)O)c2ccc(Cc3ccccc3)cc2)c1=O. The molecule has 1 heterocycles. The lowest BCUT2D eigenvalue weighted by molar-refractivity contribution is -0.136. The number of amides is 2. The summed E-state index contributed by atoms with van der Waals surface area (Å²) in [7, 11) is 1.51. The van der Waals surface area contributed by atoms with E-state index in [4.69, 9.17) is 5.11 Å². The van der Waals surface area contributed by atoms with Gasteiger partial charge in [-0.05, 0) is 35.7 Å². The van der Waals surface area contributed by atoms with Crippen molar-refractivity contribution in [1.29, 1.82) is 0 Å². The minimum Gasteiger partial charge on any atom is -0.505 e. The second-order valence-electron chi connectivity index (χ2n) is 7.01. The van der Waals surface area contributed by atoms with Crippen LogP contribution in [-0.4, -0.2) is 33.3 Å². The highest BCUT2D eigenvalue weighted by molar-refractivity contribution is 6.00. The van der Waals surface area contributed by atoms with Gasteiger partial charge in [0, 0.05) is 19.8 Å². The van der Waals surface area contributed by atoms with Crippen LogP contribution in [0, 0.1) is 0 Å². The van der Waals surface area contributed by atoms with Crippen molar-refractivity contribution in [3.8, 4) is 5.75 Å². The minimum absolute atomic E-state index is 0.120. The molecular weight excluding hydrogens is 398 g/mol. The molecule has 0 saturated carbocycles. The van der Waals surface area contributed by atoms with Crippen LogP contribution < -0.4 is 15.8 Å². The number of anilines is 2. The number of hydrogen-bond acceptors (Lipinski definition) is 4. The van der Waals surface area contributed by atoms with Crippen LogP contribution in [0.15, 0.2) is 71.7 Å². The van der Waals surface area contributed by atoms with Gasteiger partial charge < -0.3 is 20.1 Å². The van der Waals surface area contributed by atoms with Crippen molar-refractivity contribution in [2.24, 2.45) is 7.05 Å². The van der Waals surface area contributed by atoms with Gasteiger partial charge in [0.05, 0.1) is 12.1 Å². The average Bonchev–Trinajstić information content (AvgIpc) is 2.75. The molecule has 31 heavy (non-hydrogen) atoms. The predicted molar refractivity (Wildman–Crippen MR) is 117 cm³/mol. The normalized spacial score (nSPS) is 10.5. The Hall–Kier alpha value is -4.07. The Kier molecular flexibility index (Phi) is 6.71. The van der Waals surface area contributed by atoms with E-state index in [0.717, 1.165) is 16.0 Å². The molecule has 2 amide bonds. The number of carbonyl (C=O) groups excluding carboxylic acids is 1. The summed E-state index contributed by atoms with van der Waals surface area (Å²) >= 11 is 0. The Labute approximate surface area is 179 Å². The van der Waals surface area contributed by atoms with Crippen molar-refractivity contribution < 1.29 is 19.8 Å². The Bertz CT molecular complexity index is 1120. The van der Waals surface area contributed by atoms with Crippen LogP contribution in [0.4, 0.5) is 16.2 Å². The zero-order valence-corrected chi connectivity index (χ0v) is 17.0. The monoisotopic (exact) mass is 421 g/mol. The van der Waals surface area contributed by atoms with E-state index in [0.29, 0.717) is 12.1 Å². The molecule has 0 radical (unpaired) electrons. The molecule has 3 N–H and O–H groups in total. The Balaban J connectivity index is 1.94. The van der Waals surface area contributed by atoms with E-state index in [1.54, 1.807) is 12.1 Å². The molecule has 8 nitrogen and oxygen atoms in total. The number of carbonyl (C=O) groups is 2. The number of rotatable bonds is 7. The molecule has 0 aliphatic carbocycles. The number of aromatic hydroxyl groups is 1. The summed E-state index contributed by atoms with van der Waals surface area (Å²) in [6.07, 6.45) is 1.82. The summed E-state index contributed by atoms with van der Waals surface area (Å²) in [5.41, 5.74) is 1.72. The van der Waals surface area contributed by atoms with Gasteiger partial charge in [0.2, 0.25) is 0 Å². The van der Waals surface area contributed by atoms with E-state index >= 15 is 0 Å². The Morgan fingerprint density at radius 3 is 2.29 bits per heavy atom. The number of aliphatic carboxylic acids is 1. The molecular formula is C23H23N3O5. The first kappa shape index (κ1) is 21.6. The second kappa shape index (κ2) is 9.62. The van der Waals surface area contributed by atoms with Gasteiger partial charge in [-0.2, -0.15) is 0 Å². The molecule has 3 rings (SSSR count). The van der Waals surface area contributed by atoms with E-state index in [2.05, 4.69) is 5.32 Å². The summed E-state index contributed by atoms with van der Waals surface area (Å²) in [6.45, 7) is -0.120. The molecule has 3 aromatic rings. The third-order valence-electron chi connectivity index (χ3n) is 4.71. The van der Waals surface area contributed by atoms with Gasteiger partial charge in [-0.25, -0.2) is 4.79 Å². The van der Waals surface area contributed by atoms with Crippen LogP contribution in [0.3, 0.4) is 0 Å². The first-order valence-electron chi connectivity index (χ1n) is 9.68. The van der Waals surface area contributed by atoms with Crippen LogP contribution in [0.25, 0.3) is 0 Å². The lowest BCUT2D eigenvalue weighted by atomic mass is 10.0. The lowest BCUT2D eigenvalue weighted by Gasteiger charge is -2.24. The molecule has 0 saturated heterocycles. The molecule has 0 unspecified atom stereocenters. The van der Waals surface area contributed by atoms with Crippen LogP contribution >= 0.6 is 0 Å². The van der Waals surface area contributed by atoms with Gasteiger partial charge in [-0.1, -0.05) is 42.5 Å². The highest BCUT2D eigenvalue weighted by Crippen LogP contribution is 2.30. The van der Waals surface area contributed by atoms with Crippen LogP contribution in [0.1, 0.15) is 17.5 Å². The maximum absolute atomic E-state index is 12.9. The van der Waals surface area contributed by atoms with E-state index in [-0.39, 0.29) is 24.4 Å². The molecule has 2 aromatic carbocycles. The standard InChI is InChI=1S/C23H23N3O5/c1-25-14-12-19(27)21(22(25)30)26(23(31)24-13-11-20(28)29)18-9-7-17(8-10-18)15-16-5-3-2-4-6-16/h2-10,12,14,27H,11,13,15H2,1H3,(H,24,31)(H,28,29). The molecule has 0 spiro atoms. The number of pyridine rings is 1. The van der Waals surface area contributed by atoms with Crippen molar-refractivity contribution >= 4 is 23.4 Å². The summed E-state index contributed by atoms with van der Waals surface area (Å²) < 4.78 is 1.25. The number of carboxylic acids is 1. The van der Waals surface area contributed by atoms with Crippen molar-refractivity contribution in [1.82, 2.24) is 9.88 Å². The number of urea groups is 1. The van der Waals surface area contributed by atoms with Crippen molar-refractivity contribution in [2.45, 2.75) is 12.8 Å². The molecule has 0 fully saturated rings. The third-order valence-corrected chi connectivity index (χ3v) is 4.71. The summed E-state index contributed by atoms with van der Waals surface area (Å²) in [4.78, 5) is 37.4. The zero-order valence-electron chi connectivity index (χ0n) is 17.0. The number of carboxylic acid groups (broad SMARTS) is 1. The number of nitrogens with one attached hydrogen (secondary N) is 1. The fourth-order valence-corrected chi connectivity index (χ4v) is 3.11. The Morgan fingerprint density at radius 2 is 1.65 bits per heavy atom. The average molecular weight is 421 g/mol. The molecule has 0 aliphatic heterocycles. The third kappa shape index (κ3) is 5.30. The molecule has 1 aromatic heterocycles. The van der Waals surface area contributed by atoms with Crippen molar-refractivity contribution in [3.63, 3.8) is 0 Å². The molecule has 0 aliphatic rings. The van der Waals surface area contributed by atoms with E-state index in [1.165, 1.54) is 23.9 Å².